The second kappa shape index (κ2) is 10.7. The molecule has 0 radical (unpaired) electrons. The van der Waals surface area contributed by atoms with Gasteiger partial charge in [0.1, 0.15) is 6.54 Å². The lowest BCUT2D eigenvalue weighted by Gasteiger charge is -2.13. The molecular weight excluding hydrogens is 364 g/mol. The number of quaternary nitrogens is 1. The molecule has 2 aromatic carbocycles. The highest BCUT2D eigenvalue weighted by Gasteiger charge is 2.15. The van der Waals surface area contributed by atoms with E-state index in [0.29, 0.717) is 18.0 Å². The zero-order valence-corrected chi connectivity index (χ0v) is 17.4. The number of allylic oxidation sites excluding steroid dienone is 1. The molecule has 0 unspecified atom stereocenters. The van der Waals surface area contributed by atoms with Gasteiger partial charge in [0, 0.05) is 24.9 Å². The standard InChI is InChI=1S/C24H30N2O3/c1-3-6-19-11-12-22(23(15-19)28-2)29-18-24(27)25-16-20-7-9-21(10-8-20)17-26-13-4-5-14-26/h3,6-12,15H,4-5,13-14,16-18H2,1-2H3,(H,25,27)/p+1/b6-3+. The van der Waals surface area contributed by atoms with E-state index in [4.69, 9.17) is 9.47 Å². The first kappa shape index (κ1) is 20.9. The fourth-order valence-electron chi connectivity index (χ4n) is 3.61. The van der Waals surface area contributed by atoms with Gasteiger partial charge in [-0.1, -0.05) is 42.5 Å². The fourth-order valence-corrected chi connectivity index (χ4v) is 3.61. The summed E-state index contributed by atoms with van der Waals surface area (Å²) in [6.07, 6.45) is 6.63. The van der Waals surface area contributed by atoms with Gasteiger partial charge in [0.05, 0.1) is 20.2 Å². The highest BCUT2D eigenvalue weighted by molar-refractivity contribution is 5.77. The Labute approximate surface area is 173 Å². The van der Waals surface area contributed by atoms with Crippen molar-refractivity contribution in [1.82, 2.24) is 5.32 Å². The van der Waals surface area contributed by atoms with Crippen molar-refractivity contribution in [2.75, 3.05) is 26.8 Å². The molecule has 2 N–H and O–H groups in total. The van der Waals surface area contributed by atoms with E-state index in [-0.39, 0.29) is 12.5 Å². The van der Waals surface area contributed by atoms with Crippen LogP contribution in [0.1, 0.15) is 36.5 Å². The number of likely N-dealkylation sites (tertiary alicyclic amines) is 1. The smallest absolute Gasteiger partial charge is 0.258 e. The number of hydrogen-bond donors (Lipinski definition) is 2. The summed E-state index contributed by atoms with van der Waals surface area (Å²) in [6, 6.07) is 14.2. The van der Waals surface area contributed by atoms with Gasteiger partial charge in [-0.3, -0.25) is 4.79 Å². The van der Waals surface area contributed by atoms with Crippen molar-refractivity contribution in [3.8, 4) is 11.5 Å². The Balaban J connectivity index is 1.45. The summed E-state index contributed by atoms with van der Waals surface area (Å²) < 4.78 is 11.0. The predicted octanol–water partition coefficient (Wildman–Crippen LogP) is 2.60. The van der Waals surface area contributed by atoms with Crippen LogP contribution in [0, 0.1) is 0 Å². The lowest BCUT2D eigenvalue weighted by atomic mass is 10.1. The molecule has 1 heterocycles. The number of benzene rings is 2. The van der Waals surface area contributed by atoms with E-state index in [0.717, 1.165) is 17.7 Å². The molecular formula is C24H31N2O3+. The second-order valence-electron chi connectivity index (χ2n) is 7.43. The van der Waals surface area contributed by atoms with E-state index >= 15 is 0 Å². The zero-order chi connectivity index (χ0) is 20.5. The largest absolute Gasteiger partial charge is 0.493 e. The molecule has 1 aliphatic rings. The maximum atomic E-state index is 12.2. The fraction of sp³-hybridized carbons (Fsp3) is 0.375. The van der Waals surface area contributed by atoms with Gasteiger partial charge in [-0.15, -0.1) is 0 Å². The molecule has 2 aromatic rings. The molecule has 5 heteroatoms. The zero-order valence-electron chi connectivity index (χ0n) is 17.4. The van der Waals surface area contributed by atoms with Gasteiger partial charge >= 0.3 is 0 Å². The molecule has 3 rings (SSSR count). The average Bonchev–Trinajstić information content (AvgIpc) is 3.25. The van der Waals surface area contributed by atoms with Crippen LogP contribution in [-0.2, 0) is 17.9 Å². The highest BCUT2D eigenvalue weighted by atomic mass is 16.5. The maximum absolute atomic E-state index is 12.2. The van der Waals surface area contributed by atoms with Gasteiger partial charge in [0.25, 0.3) is 5.91 Å². The van der Waals surface area contributed by atoms with Crippen molar-refractivity contribution >= 4 is 12.0 Å². The van der Waals surface area contributed by atoms with Crippen LogP contribution >= 0.6 is 0 Å². The topological polar surface area (TPSA) is 52.0 Å². The number of carbonyl (C=O) groups is 1. The Bertz CT molecular complexity index is 825. The van der Waals surface area contributed by atoms with Gasteiger partial charge in [-0.25, -0.2) is 0 Å². The summed E-state index contributed by atoms with van der Waals surface area (Å²) in [5.41, 5.74) is 3.47. The van der Waals surface area contributed by atoms with E-state index < -0.39 is 0 Å². The quantitative estimate of drug-likeness (QED) is 0.686. The van der Waals surface area contributed by atoms with Crippen LogP contribution < -0.4 is 19.7 Å². The molecule has 0 bridgehead atoms. The third-order valence-corrected chi connectivity index (χ3v) is 5.18. The van der Waals surface area contributed by atoms with Gasteiger partial charge in [-0.05, 0) is 30.2 Å². The van der Waals surface area contributed by atoms with E-state index in [1.807, 2.05) is 37.3 Å². The molecule has 5 nitrogen and oxygen atoms in total. The highest BCUT2D eigenvalue weighted by Crippen LogP contribution is 2.28. The molecule has 1 saturated heterocycles. The third kappa shape index (κ3) is 6.36. The van der Waals surface area contributed by atoms with E-state index in [2.05, 4.69) is 29.6 Å². The van der Waals surface area contributed by atoms with Crippen LogP contribution in [-0.4, -0.2) is 32.7 Å². The minimum atomic E-state index is -0.157. The lowest BCUT2D eigenvalue weighted by Crippen LogP contribution is -3.08. The molecule has 29 heavy (non-hydrogen) atoms. The molecule has 1 aliphatic heterocycles. The van der Waals surface area contributed by atoms with Crippen molar-refractivity contribution < 1.29 is 19.2 Å². The Morgan fingerprint density at radius 2 is 1.79 bits per heavy atom. The Morgan fingerprint density at radius 3 is 2.48 bits per heavy atom. The summed E-state index contributed by atoms with van der Waals surface area (Å²) in [6.45, 7) is 6.06. The van der Waals surface area contributed by atoms with Crippen LogP contribution in [0.15, 0.2) is 48.5 Å². The summed E-state index contributed by atoms with van der Waals surface area (Å²) in [5.74, 6) is 1.02. The minimum absolute atomic E-state index is 0.0459. The minimum Gasteiger partial charge on any atom is -0.493 e. The molecule has 1 amide bonds. The first-order valence-corrected chi connectivity index (χ1v) is 10.3. The van der Waals surface area contributed by atoms with Crippen molar-refractivity contribution in [3.05, 3.63) is 65.2 Å². The van der Waals surface area contributed by atoms with E-state index in [9.17, 15) is 4.79 Å². The number of methoxy groups -OCH3 is 1. The van der Waals surface area contributed by atoms with Gasteiger partial charge in [0.2, 0.25) is 0 Å². The maximum Gasteiger partial charge on any atom is 0.258 e. The van der Waals surface area contributed by atoms with Crippen LogP contribution in [0.3, 0.4) is 0 Å². The SMILES string of the molecule is C/C=C/c1ccc(OCC(=O)NCc2ccc(C[NH+]3CCCC3)cc2)c(OC)c1. The number of nitrogens with one attached hydrogen (secondary N) is 2. The Hall–Kier alpha value is -2.79. The lowest BCUT2D eigenvalue weighted by molar-refractivity contribution is -0.901. The monoisotopic (exact) mass is 395 g/mol. The normalized spacial score (nSPS) is 14.3. The average molecular weight is 396 g/mol. The predicted molar refractivity (Wildman–Crippen MR) is 115 cm³/mol. The summed E-state index contributed by atoms with van der Waals surface area (Å²) in [4.78, 5) is 13.8. The Kier molecular flexibility index (Phi) is 7.70. The van der Waals surface area contributed by atoms with Gasteiger partial charge in [-0.2, -0.15) is 0 Å². The number of rotatable bonds is 9. The molecule has 0 saturated carbocycles. The number of amides is 1. The number of ether oxygens (including phenoxy) is 2. The first-order chi connectivity index (χ1) is 14.2. The van der Waals surface area contributed by atoms with Crippen LogP contribution in [0.4, 0.5) is 0 Å². The third-order valence-electron chi connectivity index (χ3n) is 5.18. The van der Waals surface area contributed by atoms with E-state index in [1.54, 1.807) is 12.0 Å². The van der Waals surface area contributed by atoms with Crippen molar-refractivity contribution in [2.24, 2.45) is 0 Å². The molecule has 0 spiro atoms. The van der Waals surface area contributed by atoms with Crippen molar-refractivity contribution in [2.45, 2.75) is 32.9 Å². The molecule has 0 aliphatic carbocycles. The van der Waals surface area contributed by atoms with Crippen molar-refractivity contribution in [3.63, 3.8) is 0 Å². The summed E-state index contributed by atoms with van der Waals surface area (Å²) in [7, 11) is 1.59. The summed E-state index contributed by atoms with van der Waals surface area (Å²) >= 11 is 0. The molecule has 0 atom stereocenters. The molecule has 154 valence electrons. The van der Waals surface area contributed by atoms with Crippen LogP contribution in [0.25, 0.3) is 6.08 Å². The van der Waals surface area contributed by atoms with Gasteiger partial charge in [0.15, 0.2) is 18.1 Å². The molecule has 0 aromatic heterocycles. The van der Waals surface area contributed by atoms with Crippen LogP contribution in [0.5, 0.6) is 11.5 Å². The van der Waals surface area contributed by atoms with Gasteiger partial charge < -0.3 is 19.7 Å². The van der Waals surface area contributed by atoms with Crippen LogP contribution in [0.2, 0.25) is 0 Å². The summed E-state index contributed by atoms with van der Waals surface area (Å²) in [5, 5.41) is 2.91. The van der Waals surface area contributed by atoms with E-state index in [1.165, 1.54) is 31.5 Å². The Morgan fingerprint density at radius 1 is 1.07 bits per heavy atom. The first-order valence-electron chi connectivity index (χ1n) is 10.3. The number of hydrogen-bond acceptors (Lipinski definition) is 3. The number of carbonyl (C=O) groups excluding carboxylic acids is 1. The molecule has 1 fully saturated rings. The van der Waals surface area contributed by atoms with Crippen molar-refractivity contribution in [1.29, 1.82) is 0 Å². The second-order valence-corrected chi connectivity index (χ2v) is 7.43.